The Morgan fingerprint density at radius 3 is 2.05 bits per heavy atom. The lowest BCUT2D eigenvalue weighted by atomic mass is 9.82. The fourth-order valence-electron chi connectivity index (χ4n) is 2.57. The van der Waals surface area contributed by atoms with Crippen LogP contribution < -0.4 is 0 Å². The molecule has 0 radical (unpaired) electrons. The van der Waals surface area contributed by atoms with E-state index in [1.807, 2.05) is 37.3 Å². The first-order valence-corrected chi connectivity index (χ1v) is 8.05. The van der Waals surface area contributed by atoms with Gasteiger partial charge in [0, 0.05) is 6.54 Å². The Bertz CT molecular complexity index is 410. The second kappa shape index (κ2) is 8.83. The number of nitrogens with zero attached hydrogens (tertiary/aromatic N) is 1. The van der Waals surface area contributed by atoms with Crippen LogP contribution in [-0.4, -0.2) is 35.6 Å². The number of hydrogen-bond donors (Lipinski definition) is 1. The second-order valence-corrected chi connectivity index (χ2v) is 5.99. The van der Waals surface area contributed by atoms with E-state index in [2.05, 4.69) is 18.7 Å². The number of carboxylic acids is 1. The lowest BCUT2D eigenvalue weighted by Gasteiger charge is -2.33. The molecule has 0 amide bonds. The first-order valence-electron chi connectivity index (χ1n) is 8.05. The van der Waals surface area contributed by atoms with Crippen LogP contribution in [0.4, 0.5) is 0 Å². The Labute approximate surface area is 129 Å². The van der Waals surface area contributed by atoms with E-state index in [0.717, 1.165) is 44.3 Å². The Kier molecular flexibility index (Phi) is 7.44. The maximum atomic E-state index is 11.9. The molecule has 1 unspecified atom stereocenters. The topological polar surface area (TPSA) is 40.5 Å². The summed E-state index contributed by atoms with van der Waals surface area (Å²) < 4.78 is 0. The summed E-state index contributed by atoms with van der Waals surface area (Å²) >= 11 is 0. The van der Waals surface area contributed by atoms with Gasteiger partial charge in [0.15, 0.2) is 0 Å². The minimum Gasteiger partial charge on any atom is -0.481 e. The van der Waals surface area contributed by atoms with E-state index in [9.17, 15) is 9.90 Å². The van der Waals surface area contributed by atoms with Crippen LogP contribution in [0.3, 0.4) is 0 Å². The van der Waals surface area contributed by atoms with Crippen LogP contribution in [0.15, 0.2) is 30.3 Å². The lowest BCUT2D eigenvalue weighted by molar-refractivity contribution is -0.144. The number of carboxylic acid groups (broad SMARTS) is 1. The van der Waals surface area contributed by atoms with Gasteiger partial charge < -0.3 is 10.0 Å². The lowest BCUT2D eigenvalue weighted by Crippen LogP contribution is -2.45. The molecule has 0 aliphatic rings. The summed E-state index contributed by atoms with van der Waals surface area (Å²) in [5, 5.41) is 9.76. The van der Waals surface area contributed by atoms with E-state index < -0.39 is 11.4 Å². The fourth-order valence-corrected chi connectivity index (χ4v) is 2.57. The first kappa shape index (κ1) is 17.7. The van der Waals surface area contributed by atoms with Gasteiger partial charge in [0.2, 0.25) is 0 Å². The number of hydrogen-bond acceptors (Lipinski definition) is 2. The Hall–Kier alpha value is -1.35. The third-order valence-electron chi connectivity index (χ3n) is 4.08. The molecule has 0 heterocycles. The summed E-state index contributed by atoms with van der Waals surface area (Å²) in [6.45, 7) is 8.72. The maximum Gasteiger partial charge on any atom is 0.315 e. The molecular weight excluding hydrogens is 262 g/mol. The standard InChI is InChI=1S/C18H29NO2/c1-4-6-13-19(14-7-5-2)15-18(3,17(20)21)16-11-9-8-10-12-16/h8-12H,4-7,13-15H2,1-3H3,(H,20,21). The van der Waals surface area contributed by atoms with Crippen LogP contribution in [0.1, 0.15) is 52.0 Å². The molecule has 0 spiro atoms. The van der Waals surface area contributed by atoms with Gasteiger partial charge in [-0.15, -0.1) is 0 Å². The summed E-state index contributed by atoms with van der Waals surface area (Å²) in [5.74, 6) is -0.744. The smallest absolute Gasteiger partial charge is 0.315 e. The van der Waals surface area contributed by atoms with Crippen LogP contribution in [0.2, 0.25) is 0 Å². The number of rotatable bonds is 10. The fraction of sp³-hybridized carbons (Fsp3) is 0.611. The normalized spacial score (nSPS) is 14.1. The summed E-state index contributed by atoms with van der Waals surface area (Å²) in [6.07, 6.45) is 4.51. The van der Waals surface area contributed by atoms with E-state index in [1.54, 1.807) is 0 Å². The molecule has 3 nitrogen and oxygen atoms in total. The van der Waals surface area contributed by atoms with Crippen molar-refractivity contribution in [2.24, 2.45) is 0 Å². The van der Waals surface area contributed by atoms with Crippen molar-refractivity contribution in [2.45, 2.75) is 51.9 Å². The first-order chi connectivity index (χ1) is 10.0. The third kappa shape index (κ3) is 5.16. The van der Waals surface area contributed by atoms with Gasteiger partial charge in [-0.05, 0) is 38.4 Å². The van der Waals surface area contributed by atoms with Crippen LogP contribution in [-0.2, 0) is 10.2 Å². The van der Waals surface area contributed by atoms with Crippen molar-refractivity contribution in [1.82, 2.24) is 4.90 Å². The summed E-state index contributed by atoms with van der Waals surface area (Å²) in [7, 11) is 0. The van der Waals surface area contributed by atoms with Gasteiger partial charge >= 0.3 is 5.97 Å². The zero-order valence-corrected chi connectivity index (χ0v) is 13.6. The molecule has 0 aliphatic carbocycles. The molecule has 21 heavy (non-hydrogen) atoms. The van der Waals surface area contributed by atoms with Gasteiger partial charge in [0.25, 0.3) is 0 Å². The van der Waals surface area contributed by atoms with Crippen LogP contribution >= 0.6 is 0 Å². The molecule has 3 heteroatoms. The average molecular weight is 291 g/mol. The SMILES string of the molecule is CCCCN(CCCC)CC(C)(C(=O)O)c1ccccc1. The van der Waals surface area contributed by atoms with Crippen molar-refractivity contribution in [2.75, 3.05) is 19.6 Å². The predicted molar refractivity (Wildman–Crippen MR) is 87.7 cm³/mol. The van der Waals surface area contributed by atoms with Gasteiger partial charge in [-0.3, -0.25) is 4.79 Å². The van der Waals surface area contributed by atoms with Crippen molar-refractivity contribution in [1.29, 1.82) is 0 Å². The minimum atomic E-state index is -0.845. The van der Waals surface area contributed by atoms with E-state index in [1.165, 1.54) is 0 Å². The molecule has 0 bridgehead atoms. The monoisotopic (exact) mass is 291 g/mol. The van der Waals surface area contributed by atoms with Gasteiger partial charge in [0.1, 0.15) is 5.41 Å². The molecule has 1 rings (SSSR count). The molecule has 0 saturated heterocycles. The summed E-state index contributed by atoms with van der Waals surface area (Å²) in [6, 6.07) is 9.60. The van der Waals surface area contributed by atoms with Gasteiger partial charge in [-0.1, -0.05) is 57.0 Å². The van der Waals surface area contributed by atoms with Gasteiger partial charge in [0.05, 0.1) is 0 Å². The average Bonchev–Trinajstić information content (AvgIpc) is 2.50. The number of unbranched alkanes of at least 4 members (excludes halogenated alkanes) is 2. The van der Waals surface area contributed by atoms with Crippen LogP contribution in [0, 0.1) is 0 Å². The molecule has 1 aromatic carbocycles. The second-order valence-electron chi connectivity index (χ2n) is 5.99. The summed E-state index contributed by atoms with van der Waals surface area (Å²) in [5.41, 5.74) is 0.0402. The Balaban J connectivity index is 2.90. The third-order valence-corrected chi connectivity index (χ3v) is 4.08. The van der Waals surface area contributed by atoms with Crippen LogP contribution in [0.25, 0.3) is 0 Å². The molecule has 0 fully saturated rings. The van der Waals surface area contributed by atoms with E-state index in [-0.39, 0.29) is 0 Å². The van der Waals surface area contributed by atoms with Crippen molar-refractivity contribution in [3.05, 3.63) is 35.9 Å². The zero-order chi connectivity index (χ0) is 15.7. The largest absolute Gasteiger partial charge is 0.481 e. The highest BCUT2D eigenvalue weighted by Crippen LogP contribution is 2.26. The van der Waals surface area contributed by atoms with E-state index in [4.69, 9.17) is 0 Å². The van der Waals surface area contributed by atoms with Crippen molar-refractivity contribution < 1.29 is 9.90 Å². The molecule has 118 valence electrons. The zero-order valence-electron chi connectivity index (χ0n) is 13.6. The minimum absolute atomic E-state index is 0.576. The molecule has 0 saturated carbocycles. The van der Waals surface area contributed by atoms with E-state index in [0.29, 0.717) is 6.54 Å². The molecule has 1 aromatic rings. The van der Waals surface area contributed by atoms with Crippen molar-refractivity contribution in [3.63, 3.8) is 0 Å². The van der Waals surface area contributed by atoms with Gasteiger partial charge in [-0.25, -0.2) is 0 Å². The number of carbonyl (C=O) groups is 1. The highest BCUT2D eigenvalue weighted by atomic mass is 16.4. The Morgan fingerprint density at radius 1 is 1.10 bits per heavy atom. The maximum absolute atomic E-state index is 11.9. The highest BCUT2D eigenvalue weighted by Gasteiger charge is 2.36. The number of benzene rings is 1. The van der Waals surface area contributed by atoms with E-state index >= 15 is 0 Å². The molecule has 1 N–H and O–H groups in total. The van der Waals surface area contributed by atoms with Crippen molar-refractivity contribution >= 4 is 5.97 Å². The molecule has 1 atom stereocenters. The Morgan fingerprint density at radius 2 is 1.62 bits per heavy atom. The molecule has 0 aromatic heterocycles. The number of aliphatic carboxylic acids is 1. The molecule has 0 aliphatic heterocycles. The quantitative estimate of drug-likeness (QED) is 0.710. The van der Waals surface area contributed by atoms with Gasteiger partial charge in [-0.2, -0.15) is 0 Å². The highest BCUT2D eigenvalue weighted by molar-refractivity contribution is 5.81. The summed E-state index contributed by atoms with van der Waals surface area (Å²) in [4.78, 5) is 14.2. The molecular formula is C18H29NO2. The van der Waals surface area contributed by atoms with Crippen LogP contribution in [0.5, 0.6) is 0 Å². The predicted octanol–water partition coefficient (Wildman–Crippen LogP) is 3.93. The van der Waals surface area contributed by atoms with Crippen molar-refractivity contribution in [3.8, 4) is 0 Å².